The van der Waals surface area contributed by atoms with Crippen LogP contribution in [0, 0.1) is 0 Å². The normalized spacial score (nSPS) is 16.6. The van der Waals surface area contributed by atoms with Crippen molar-refractivity contribution in [3.63, 3.8) is 0 Å². The van der Waals surface area contributed by atoms with Crippen molar-refractivity contribution in [2.45, 2.75) is 12.3 Å². The SMILES string of the molecule is NOCCc1cccc(C2COC2)c1. The van der Waals surface area contributed by atoms with Gasteiger partial charge in [0.15, 0.2) is 0 Å². The summed E-state index contributed by atoms with van der Waals surface area (Å²) in [6, 6.07) is 8.55. The molecule has 0 atom stereocenters. The minimum atomic E-state index is 0.574. The monoisotopic (exact) mass is 193 g/mol. The van der Waals surface area contributed by atoms with E-state index in [2.05, 4.69) is 29.1 Å². The van der Waals surface area contributed by atoms with E-state index in [9.17, 15) is 0 Å². The van der Waals surface area contributed by atoms with Crippen molar-refractivity contribution in [3.05, 3.63) is 35.4 Å². The zero-order valence-electron chi connectivity index (χ0n) is 8.11. The summed E-state index contributed by atoms with van der Waals surface area (Å²) in [6.07, 6.45) is 0.873. The molecular formula is C11H15NO2. The van der Waals surface area contributed by atoms with Crippen LogP contribution in [-0.2, 0) is 16.0 Å². The van der Waals surface area contributed by atoms with Crippen LogP contribution in [0.15, 0.2) is 24.3 Å². The van der Waals surface area contributed by atoms with Gasteiger partial charge >= 0.3 is 0 Å². The smallest absolute Gasteiger partial charge is 0.0719 e. The van der Waals surface area contributed by atoms with E-state index >= 15 is 0 Å². The van der Waals surface area contributed by atoms with Crippen molar-refractivity contribution in [1.82, 2.24) is 0 Å². The Morgan fingerprint density at radius 1 is 1.43 bits per heavy atom. The largest absolute Gasteiger partial charge is 0.380 e. The number of hydrogen-bond acceptors (Lipinski definition) is 3. The van der Waals surface area contributed by atoms with E-state index in [-0.39, 0.29) is 0 Å². The lowest BCUT2D eigenvalue weighted by atomic mass is 9.95. The lowest BCUT2D eigenvalue weighted by Crippen LogP contribution is -2.25. The summed E-state index contributed by atoms with van der Waals surface area (Å²) in [4.78, 5) is 4.56. The molecule has 1 heterocycles. The Hall–Kier alpha value is -0.900. The van der Waals surface area contributed by atoms with Crippen molar-refractivity contribution >= 4 is 0 Å². The van der Waals surface area contributed by atoms with Gasteiger partial charge in [0, 0.05) is 5.92 Å². The van der Waals surface area contributed by atoms with E-state index in [1.54, 1.807) is 0 Å². The first-order chi connectivity index (χ1) is 6.90. The molecule has 76 valence electrons. The highest BCUT2D eigenvalue weighted by Crippen LogP contribution is 2.24. The van der Waals surface area contributed by atoms with Gasteiger partial charge in [-0.25, -0.2) is 5.90 Å². The van der Waals surface area contributed by atoms with Gasteiger partial charge in [0.05, 0.1) is 19.8 Å². The third-order valence-electron chi connectivity index (χ3n) is 2.57. The average Bonchev–Trinajstić information content (AvgIpc) is 2.13. The second-order valence-electron chi connectivity index (χ2n) is 3.60. The first-order valence-electron chi connectivity index (χ1n) is 4.88. The van der Waals surface area contributed by atoms with E-state index in [1.807, 2.05) is 0 Å². The highest BCUT2D eigenvalue weighted by molar-refractivity contribution is 5.27. The van der Waals surface area contributed by atoms with Crippen molar-refractivity contribution < 1.29 is 9.57 Å². The van der Waals surface area contributed by atoms with E-state index in [0.717, 1.165) is 19.6 Å². The molecule has 3 heteroatoms. The molecule has 1 fully saturated rings. The van der Waals surface area contributed by atoms with Crippen molar-refractivity contribution in [2.75, 3.05) is 19.8 Å². The molecule has 0 spiro atoms. The van der Waals surface area contributed by atoms with Crippen LogP contribution in [0.2, 0.25) is 0 Å². The first kappa shape index (κ1) is 9.65. The maximum Gasteiger partial charge on any atom is 0.0719 e. The molecule has 0 bridgehead atoms. The van der Waals surface area contributed by atoms with Gasteiger partial charge in [0.25, 0.3) is 0 Å². The fourth-order valence-corrected chi connectivity index (χ4v) is 1.61. The minimum absolute atomic E-state index is 0.574. The van der Waals surface area contributed by atoms with Gasteiger partial charge in [0.2, 0.25) is 0 Å². The van der Waals surface area contributed by atoms with Gasteiger partial charge in [0.1, 0.15) is 0 Å². The van der Waals surface area contributed by atoms with Gasteiger partial charge in [-0.1, -0.05) is 24.3 Å². The Morgan fingerprint density at radius 2 is 2.29 bits per heavy atom. The molecule has 0 radical (unpaired) electrons. The molecule has 1 saturated heterocycles. The fraction of sp³-hybridized carbons (Fsp3) is 0.455. The molecule has 3 nitrogen and oxygen atoms in total. The summed E-state index contributed by atoms with van der Waals surface area (Å²) < 4.78 is 5.17. The Kier molecular flexibility index (Phi) is 3.14. The molecule has 0 unspecified atom stereocenters. The van der Waals surface area contributed by atoms with Gasteiger partial charge < -0.3 is 9.57 Å². The van der Waals surface area contributed by atoms with Gasteiger partial charge in [-0.3, -0.25) is 0 Å². The Morgan fingerprint density at radius 3 is 2.93 bits per heavy atom. The zero-order valence-corrected chi connectivity index (χ0v) is 8.11. The van der Waals surface area contributed by atoms with E-state index < -0.39 is 0 Å². The van der Waals surface area contributed by atoms with Crippen LogP contribution < -0.4 is 5.90 Å². The topological polar surface area (TPSA) is 44.5 Å². The molecule has 0 aromatic heterocycles. The molecular weight excluding hydrogens is 178 g/mol. The number of rotatable bonds is 4. The third kappa shape index (κ3) is 2.12. The maximum absolute atomic E-state index is 5.17. The molecule has 2 rings (SSSR count). The molecule has 2 N–H and O–H groups in total. The fourth-order valence-electron chi connectivity index (χ4n) is 1.61. The van der Waals surface area contributed by atoms with Crippen molar-refractivity contribution in [3.8, 4) is 0 Å². The summed E-state index contributed by atoms with van der Waals surface area (Å²) in [5.74, 6) is 5.58. The van der Waals surface area contributed by atoms with Crippen LogP contribution in [0.1, 0.15) is 17.0 Å². The molecule has 14 heavy (non-hydrogen) atoms. The summed E-state index contributed by atoms with van der Waals surface area (Å²) in [5.41, 5.74) is 2.64. The number of hydrogen-bond donors (Lipinski definition) is 1. The molecule has 1 aromatic carbocycles. The van der Waals surface area contributed by atoms with Crippen LogP contribution in [0.25, 0.3) is 0 Å². The molecule has 0 aliphatic carbocycles. The molecule has 0 saturated carbocycles. The van der Waals surface area contributed by atoms with Crippen LogP contribution in [0.4, 0.5) is 0 Å². The minimum Gasteiger partial charge on any atom is -0.380 e. The summed E-state index contributed by atoms with van der Waals surface area (Å²) >= 11 is 0. The van der Waals surface area contributed by atoms with Gasteiger partial charge in [-0.05, 0) is 17.5 Å². The Bertz CT molecular complexity index is 297. The van der Waals surface area contributed by atoms with Gasteiger partial charge in [-0.2, -0.15) is 0 Å². The summed E-state index contributed by atoms with van der Waals surface area (Å²) in [5, 5.41) is 0. The maximum atomic E-state index is 5.17. The Labute approximate surface area is 83.8 Å². The number of benzene rings is 1. The molecule has 1 aliphatic rings. The van der Waals surface area contributed by atoms with Gasteiger partial charge in [-0.15, -0.1) is 0 Å². The van der Waals surface area contributed by atoms with E-state index in [0.29, 0.717) is 12.5 Å². The highest BCUT2D eigenvalue weighted by Gasteiger charge is 2.20. The first-order valence-corrected chi connectivity index (χ1v) is 4.88. The van der Waals surface area contributed by atoms with Crippen molar-refractivity contribution in [1.29, 1.82) is 0 Å². The predicted molar refractivity (Wildman–Crippen MR) is 53.8 cm³/mol. The predicted octanol–water partition coefficient (Wildman–Crippen LogP) is 1.23. The highest BCUT2D eigenvalue weighted by atomic mass is 16.6. The number of nitrogens with two attached hydrogens (primary N) is 1. The Balaban J connectivity index is 2.02. The molecule has 1 aromatic rings. The van der Waals surface area contributed by atoms with Crippen LogP contribution in [0.3, 0.4) is 0 Å². The second-order valence-corrected chi connectivity index (χ2v) is 3.60. The van der Waals surface area contributed by atoms with Crippen LogP contribution >= 0.6 is 0 Å². The lowest BCUT2D eigenvalue weighted by molar-refractivity contribution is 0.00839. The standard InChI is InChI=1S/C11H15NO2/c12-14-5-4-9-2-1-3-10(6-9)11-7-13-8-11/h1-3,6,11H,4-5,7-8,12H2. The van der Waals surface area contributed by atoms with Crippen molar-refractivity contribution in [2.24, 2.45) is 5.90 Å². The second kappa shape index (κ2) is 4.55. The quantitative estimate of drug-likeness (QED) is 0.731. The summed E-state index contributed by atoms with van der Waals surface area (Å²) in [7, 11) is 0. The van der Waals surface area contributed by atoms with Crippen LogP contribution in [0.5, 0.6) is 0 Å². The van der Waals surface area contributed by atoms with E-state index in [1.165, 1.54) is 11.1 Å². The number of ether oxygens (including phenoxy) is 1. The summed E-state index contributed by atoms with van der Waals surface area (Å²) in [6.45, 7) is 2.29. The molecule has 1 aliphatic heterocycles. The zero-order chi connectivity index (χ0) is 9.80. The average molecular weight is 193 g/mol. The van der Waals surface area contributed by atoms with E-state index in [4.69, 9.17) is 10.6 Å². The lowest BCUT2D eigenvalue weighted by Gasteiger charge is -2.26. The van der Waals surface area contributed by atoms with Crippen LogP contribution in [-0.4, -0.2) is 19.8 Å². The third-order valence-corrected chi connectivity index (χ3v) is 2.57. The molecule has 0 amide bonds.